The fourth-order valence-electron chi connectivity index (χ4n) is 1.12. The third-order valence-electron chi connectivity index (χ3n) is 1.58. The summed E-state index contributed by atoms with van der Waals surface area (Å²) in [5, 5.41) is 0. The summed E-state index contributed by atoms with van der Waals surface area (Å²) in [6.45, 7) is 0. The fraction of sp³-hybridized carbons (Fsp3) is 1.00. The number of rotatable bonds is 2. The van der Waals surface area contributed by atoms with Gasteiger partial charge < -0.3 is 0 Å². The molecule has 0 aromatic carbocycles. The van der Waals surface area contributed by atoms with Crippen molar-refractivity contribution in [1.82, 2.24) is 0 Å². The van der Waals surface area contributed by atoms with Gasteiger partial charge in [0.2, 0.25) is 5.92 Å². The molecule has 2 nitrogen and oxygen atoms in total. The van der Waals surface area contributed by atoms with Crippen LogP contribution in [0, 0.1) is 5.92 Å². The Morgan fingerprint density at radius 1 is 1.40 bits per heavy atom. The SMILES string of the molecule is O=[SH](=O)CC1CC(F)(F)C1. The molecule has 0 aromatic heterocycles. The molecule has 0 unspecified atom stereocenters. The normalized spacial score (nSPS) is 24.7. The zero-order valence-electron chi connectivity index (χ0n) is 5.22. The third-order valence-corrected chi connectivity index (χ3v) is 2.40. The van der Waals surface area contributed by atoms with Crippen molar-refractivity contribution in [1.29, 1.82) is 0 Å². The Balaban J connectivity index is 2.27. The quantitative estimate of drug-likeness (QED) is 0.617. The van der Waals surface area contributed by atoms with Gasteiger partial charge in [-0.1, -0.05) is 0 Å². The summed E-state index contributed by atoms with van der Waals surface area (Å²) in [5.74, 6) is -2.96. The van der Waals surface area contributed by atoms with Gasteiger partial charge in [0, 0.05) is 12.8 Å². The molecule has 0 aliphatic heterocycles. The molecular weight excluding hydrogens is 162 g/mol. The lowest BCUT2D eigenvalue weighted by Gasteiger charge is -2.33. The van der Waals surface area contributed by atoms with Crippen LogP contribution in [-0.4, -0.2) is 20.1 Å². The molecule has 0 spiro atoms. The van der Waals surface area contributed by atoms with Crippen LogP contribution in [0.5, 0.6) is 0 Å². The molecule has 0 N–H and O–H groups in total. The Morgan fingerprint density at radius 3 is 2.20 bits per heavy atom. The molecule has 1 rings (SSSR count). The van der Waals surface area contributed by atoms with Gasteiger partial charge in [-0.15, -0.1) is 0 Å². The average molecular weight is 170 g/mol. The summed E-state index contributed by atoms with van der Waals surface area (Å²) < 4.78 is 44.1. The van der Waals surface area contributed by atoms with Gasteiger partial charge >= 0.3 is 0 Å². The lowest BCUT2D eigenvalue weighted by atomic mass is 9.83. The van der Waals surface area contributed by atoms with Gasteiger partial charge in [0.25, 0.3) is 0 Å². The highest BCUT2D eigenvalue weighted by molar-refractivity contribution is 7.72. The Hall–Kier alpha value is -0.190. The van der Waals surface area contributed by atoms with Crippen molar-refractivity contribution in [3.63, 3.8) is 0 Å². The van der Waals surface area contributed by atoms with Gasteiger partial charge in [0.15, 0.2) is 0 Å². The molecule has 1 fully saturated rings. The molecule has 10 heavy (non-hydrogen) atoms. The van der Waals surface area contributed by atoms with Crippen LogP contribution in [0.25, 0.3) is 0 Å². The second-order valence-corrected chi connectivity index (χ2v) is 3.68. The minimum absolute atomic E-state index is 0.0784. The summed E-state index contributed by atoms with van der Waals surface area (Å²) in [4.78, 5) is 0. The van der Waals surface area contributed by atoms with E-state index < -0.39 is 16.6 Å². The standard InChI is InChI=1S/C5H8F2O2S/c6-5(7)1-4(2-5)3-10(8)9/h4,10H,1-3H2. The van der Waals surface area contributed by atoms with E-state index in [0.717, 1.165) is 0 Å². The maximum absolute atomic E-state index is 12.0. The highest BCUT2D eigenvalue weighted by Gasteiger charge is 2.45. The molecule has 0 atom stereocenters. The number of halogens is 2. The van der Waals surface area contributed by atoms with Crippen molar-refractivity contribution < 1.29 is 17.2 Å². The Morgan fingerprint density at radius 2 is 1.90 bits per heavy atom. The molecule has 1 saturated carbocycles. The maximum atomic E-state index is 12.0. The van der Waals surface area contributed by atoms with Gasteiger partial charge in [-0.05, 0) is 5.92 Å². The predicted octanol–water partition coefficient (Wildman–Crippen LogP) is 0.643. The molecule has 0 saturated heterocycles. The van der Waals surface area contributed by atoms with E-state index in [1.807, 2.05) is 0 Å². The molecule has 0 aromatic rings. The van der Waals surface area contributed by atoms with Crippen molar-refractivity contribution in [3.8, 4) is 0 Å². The van der Waals surface area contributed by atoms with Crippen LogP contribution < -0.4 is 0 Å². The van der Waals surface area contributed by atoms with Gasteiger partial charge in [0.05, 0.1) is 5.75 Å². The fourth-order valence-corrected chi connectivity index (χ4v) is 1.80. The molecule has 5 heteroatoms. The van der Waals surface area contributed by atoms with Crippen molar-refractivity contribution in [2.75, 3.05) is 5.75 Å². The van der Waals surface area contributed by atoms with E-state index in [4.69, 9.17) is 0 Å². The molecule has 1 aliphatic rings. The van der Waals surface area contributed by atoms with Gasteiger partial charge in [0.1, 0.15) is 10.7 Å². The smallest absolute Gasteiger partial charge is 0.232 e. The molecule has 0 amide bonds. The number of alkyl halides is 2. The monoisotopic (exact) mass is 170 g/mol. The second kappa shape index (κ2) is 2.45. The summed E-state index contributed by atoms with van der Waals surface area (Å²) >= 11 is 0. The van der Waals surface area contributed by atoms with Gasteiger partial charge in [-0.2, -0.15) is 0 Å². The molecule has 0 radical (unpaired) electrons. The number of thiol groups is 1. The first kappa shape index (κ1) is 7.91. The average Bonchev–Trinajstić information content (AvgIpc) is 1.57. The first-order valence-corrected chi connectivity index (χ1v) is 4.35. The van der Waals surface area contributed by atoms with Crippen LogP contribution in [0.1, 0.15) is 12.8 Å². The molecule has 0 bridgehead atoms. The minimum atomic E-state index is -2.59. The van der Waals surface area contributed by atoms with Crippen LogP contribution in [0.4, 0.5) is 8.78 Å². The number of hydrogen-bond acceptors (Lipinski definition) is 2. The van der Waals surface area contributed by atoms with Crippen molar-refractivity contribution in [3.05, 3.63) is 0 Å². The highest BCUT2D eigenvalue weighted by Crippen LogP contribution is 2.42. The lowest BCUT2D eigenvalue weighted by Crippen LogP contribution is -2.37. The largest absolute Gasteiger partial charge is 0.248 e. The molecule has 60 valence electrons. The maximum Gasteiger partial charge on any atom is 0.248 e. The first-order valence-electron chi connectivity index (χ1n) is 2.99. The molecule has 1 aliphatic carbocycles. The van der Waals surface area contributed by atoms with E-state index in [1.54, 1.807) is 0 Å². The van der Waals surface area contributed by atoms with Gasteiger partial charge in [-0.25, -0.2) is 17.2 Å². The van der Waals surface area contributed by atoms with E-state index in [-0.39, 0.29) is 24.5 Å². The van der Waals surface area contributed by atoms with Crippen LogP contribution in [-0.2, 0) is 10.7 Å². The zero-order chi connectivity index (χ0) is 7.78. The summed E-state index contributed by atoms with van der Waals surface area (Å²) in [6, 6.07) is 0. The van der Waals surface area contributed by atoms with E-state index in [0.29, 0.717) is 0 Å². The van der Waals surface area contributed by atoms with Crippen molar-refractivity contribution in [2.24, 2.45) is 5.92 Å². The summed E-state index contributed by atoms with van der Waals surface area (Å²) in [6.07, 6.45) is -0.507. The number of hydrogen-bond donors (Lipinski definition) is 1. The molecule has 0 heterocycles. The first-order chi connectivity index (χ1) is 4.49. The van der Waals surface area contributed by atoms with E-state index in [9.17, 15) is 17.2 Å². The second-order valence-electron chi connectivity index (χ2n) is 2.65. The lowest BCUT2D eigenvalue weighted by molar-refractivity contribution is -0.103. The van der Waals surface area contributed by atoms with Crippen LogP contribution in [0.15, 0.2) is 0 Å². The molecular formula is C5H8F2O2S. The Bertz CT molecular complexity index is 184. The predicted molar refractivity (Wildman–Crippen MR) is 32.9 cm³/mol. The van der Waals surface area contributed by atoms with Gasteiger partial charge in [-0.3, -0.25) is 0 Å². The topological polar surface area (TPSA) is 34.1 Å². The van der Waals surface area contributed by atoms with Crippen LogP contribution in [0.3, 0.4) is 0 Å². The van der Waals surface area contributed by atoms with Crippen molar-refractivity contribution in [2.45, 2.75) is 18.8 Å². The Labute approximate surface area is 59.2 Å². The summed E-state index contributed by atoms with van der Waals surface area (Å²) in [7, 11) is -2.47. The third kappa shape index (κ3) is 1.90. The Kier molecular flexibility index (Phi) is 1.94. The van der Waals surface area contributed by atoms with Crippen LogP contribution >= 0.6 is 0 Å². The minimum Gasteiger partial charge on any atom is -0.232 e. The van der Waals surface area contributed by atoms with E-state index in [2.05, 4.69) is 0 Å². The van der Waals surface area contributed by atoms with E-state index in [1.165, 1.54) is 0 Å². The zero-order valence-corrected chi connectivity index (χ0v) is 6.11. The van der Waals surface area contributed by atoms with E-state index >= 15 is 0 Å². The highest BCUT2D eigenvalue weighted by atomic mass is 32.2. The van der Waals surface area contributed by atoms with Crippen LogP contribution in [0.2, 0.25) is 0 Å². The van der Waals surface area contributed by atoms with Crippen molar-refractivity contribution >= 4 is 10.7 Å². The summed E-state index contributed by atoms with van der Waals surface area (Å²) in [5.41, 5.74) is 0.